The number of thioether (sulfide) groups is 3. The van der Waals surface area contributed by atoms with Crippen molar-refractivity contribution in [1.29, 1.82) is 0 Å². The van der Waals surface area contributed by atoms with E-state index in [9.17, 15) is 0 Å². The average Bonchev–Trinajstić information content (AvgIpc) is 2.69. The van der Waals surface area contributed by atoms with Gasteiger partial charge in [-0.25, -0.2) is 0 Å². The zero-order valence-electron chi connectivity index (χ0n) is 19.0. The Morgan fingerprint density at radius 2 is 1.41 bits per heavy atom. The third-order valence-corrected chi connectivity index (χ3v) is 11.3. The molecule has 0 aromatic rings. The van der Waals surface area contributed by atoms with Crippen molar-refractivity contribution in [3.8, 4) is 0 Å². The summed E-state index contributed by atoms with van der Waals surface area (Å²) >= 11 is 11.8. The van der Waals surface area contributed by atoms with E-state index in [4.69, 9.17) is 17.0 Å². The van der Waals surface area contributed by atoms with Crippen LogP contribution in [0.3, 0.4) is 0 Å². The number of thiocarbonyl (C=S) groups is 1. The van der Waals surface area contributed by atoms with E-state index in [-0.39, 0.29) is 6.10 Å². The van der Waals surface area contributed by atoms with Crippen LogP contribution in [0.25, 0.3) is 0 Å². The van der Waals surface area contributed by atoms with Gasteiger partial charge in [-0.1, -0.05) is 76.5 Å². The Morgan fingerprint density at radius 1 is 0.862 bits per heavy atom. The van der Waals surface area contributed by atoms with Gasteiger partial charge < -0.3 is 4.74 Å². The van der Waals surface area contributed by atoms with Crippen LogP contribution in [-0.2, 0) is 4.74 Å². The zero-order valence-corrected chi connectivity index (χ0v) is 22.3. The van der Waals surface area contributed by atoms with Gasteiger partial charge in [0.25, 0.3) is 0 Å². The molecule has 0 aliphatic carbocycles. The second-order valence-electron chi connectivity index (χ2n) is 9.03. The van der Waals surface area contributed by atoms with Crippen molar-refractivity contribution in [3.63, 3.8) is 0 Å². The number of rotatable bonds is 14. The van der Waals surface area contributed by atoms with E-state index in [1.165, 1.54) is 95.6 Å². The monoisotopic (exact) mass is 476 g/mol. The SMILES string of the molecule is CCCCCCCCCCCCSC1CCC2SC1CCC2SC(=S)OC(C)C. The van der Waals surface area contributed by atoms with Crippen molar-refractivity contribution in [1.82, 2.24) is 0 Å². The van der Waals surface area contributed by atoms with Crippen LogP contribution in [0.15, 0.2) is 0 Å². The highest BCUT2D eigenvalue weighted by atomic mass is 32.2. The first-order valence-electron chi connectivity index (χ1n) is 12.2. The molecule has 0 amide bonds. The molecule has 2 fully saturated rings. The Balaban J connectivity index is 1.49. The molecule has 1 nitrogen and oxygen atoms in total. The molecule has 2 aliphatic rings. The molecular formula is C24H44OS4. The lowest BCUT2D eigenvalue weighted by Crippen LogP contribution is -2.40. The Labute approximate surface area is 199 Å². The minimum absolute atomic E-state index is 0.205. The summed E-state index contributed by atoms with van der Waals surface area (Å²) in [4.78, 5) is 0. The molecule has 5 heteroatoms. The molecule has 0 aromatic carbocycles. The topological polar surface area (TPSA) is 9.23 Å². The molecule has 170 valence electrons. The number of hydrogen-bond donors (Lipinski definition) is 0. The third-order valence-electron chi connectivity index (χ3n) is 6.06. The van der Waals surface area contributed by atoms with Crippen molar-refractivity contribution in [3.05, 3.63) is 0 Å². The lowest BCUT2D eigenvalue weighted by molar-refractivity contribution is 0.243. The highest BCUT2D eigenvalue weighted by molar-refractivity contribution is 8.23. The van der Waals surface area contributed by atoms with E-state index in [1.54, 1.807) is 0 Å². The molecule has 4 atom stereocenters. The van der Waals surface area contributed by atoms with Gasteiger partial charge in [-0.05, 0) is 63.9 Å². The maximum atomic E-state index is 5.72. The Hall–Kier alpha value is 0.940. The van der Waals surface area contributed by atoms with Gasteiger partial charge in [0, 0.05) is 21.0 Å². The highest BCUT2D eigenvalue weighted by Crippen LogP contribution is 2.49. The Kier molecular flexibility index (Phi) is 14.2. The van der Waals surface area contributed by atoms with Crippen LogP contribution in [0.1, 0.15) is 111 Å². The van der Waals surface area contributed by atoms with Gasteiger partial charge in [-0.15, -0.1) is 0 Å². The predicted octanol–water partition coefficient (Wildman–Crippen LogP) is 8.88. The molecule has 2 saturated heterocycles. The van der Waals surface area contributed by atoms with Gasteiger partial charge in [-0.3, -0.25) is 0 Å². The lowest BCUT2D eigenvalue weighted by atomic mass is 9.98. The van der Waals surface area contributed by atoms with E-state index in [0.717, 1.165) is 20.1 Å². The van der Waals surface area contributed by atoms with Crippen LogP contribution in [0, 0.1) is 0 Å². The summed E-state index contributed by atoms with van der Waals surface area (Å²) in [5, 5.41) is 3.26. The molecule has 0 radical (unpaired) electrons. The first kappa shape index (κ1) is 26.2. The molecule has 2 bridgehead atoms. The third kappa shape index (κ3) is 10.9. The van der Waals surface area contributed by atoms with Gasteiger partial charge in [0.15, 0.2) is 0 Å². The first-order chi connectivity index (χ1) is 14.1. The molecule has 29 heavy (non-hydrogen) atoms. The van der Waals surface area contributed by atoms with Crippen LogP contribution >= 0.6 is 47.5 Å². The van der Waals surface area contributed by atoms with E-state index in [2.05, 4.69) is 44.3 Å². The Morgan fingerprint density at radius 3 is 2.03 bits per heavy atom. The second kappa shape index (κ2) is 15.7. The van der Waals surface area contributed by atoms with Crippen LogP contribution in [-0.4, -0.2) is 37.2 Å². The van der Waals surface area contributed by atoms with E-state index in [1.807, 2.05) is 11.8 Å². The van der Waals surface area contributed by atoms with Gasteiger partial charge in [0.05, 0.1) is 6.10 Å². The molecule has 2 rings (SSSR count). The quantitative estimate of drug-likeness (QED) is 0.182. The van der Waals surface area contributed by atoms with Crippen LogP contribution < -0.4 is 0 Å². The predicted molar refractivity (Wildman–Crippen MR) is 142 cm³/mol. The van der Waals surface area contributed by atoms with E-state index >= 15 is 0 Å². The molecule has 4 unspecified atom stereocenters. The van der Waals surface area contributed by atoms with Gasteiger partial charge in [0.2, 0.25) is 4.38 Å². The zero-order chi connectivity index (χ0) is 20.9. The summed E-state index contributed by atoms with van der Waals surface area (Å²) in [6.07, 6.45) is 20.1. The summed E-state index contributed by atoms with van der Waals surface area (Å²) in [5.74, 6) is 1.38. The standard InChI is InChI=1S/C24H44OS4/c1-4-5-6-7-8-9-10-11-12-13-18-27-20-14-15-22-23(17-16-21(20)28-22)29-24(26)25-19(2)3/h19-23H,4-18H2,1-3H3. The molecule has 0 aromatic heterocycles. The second-order valence-corrected chi connectivity index (χ2v) is 13.7. The highest BCUT2D eigenvalue weighted by Gasteiger charge is 2.40. The number of ether oxygens (including phenoxy) is 1. The summed E-state index contributed by atoms with van der Waals surface area (Å²) in [6, 6.07) is 0. The molecule has 2 aliphatic heterocycles. The number of unbranched alkanes of at least 4 members (excludes halogenated alkanes) is 9. The van der Waals surface area contributed by atoms with E-state index in [0.29, 0.717) is 5.25 Å². The fraction of sp³-hybridized carbons (Fsp3) is 0.958. The van der Waals surface area contributed by atoms with Crippen molar-refractivity contribution in [2.45, 2.75) is 138 Å². The smallest absolute Gasteiger partial charge is 0.220 e. The largest absolute Gasteiger partial charge is 0.476 e. The first-order valence-corrected chi connectivity index (χ1v) is 15.5. The van der Waals surface area contributed by atoms with Gasteiger partial charge in [-0.2, -0.15) is 23.5 Å². The van der Waals surface area contributed by atoms with Crippen molar-refractivity contribution >= 4 is 51.9 Å². The average molecular weight is 477 g/mol. The summed E-state index contributed by atoms with van der Waals surface area (Å²) < 4.78 is 6.48. The molecule has 2 heterocycles. The number of fused-ring (bicyclic) bond motifs is 2. The van der Waals surface area contributed by atoms with Gasteiger partial charge >= 0.3 is 0 Å². The normalized spacial score (nSPS) is 26.6. The maximum absolute atomic E-state index is 5.72. The summed E-state index contributed by atoms with van der Waals surface area (Å²) in [6.45, 7) is 6.43. The van der Waals surface area contributed by atoms with Crippen LogP contribution in [0.5, 0.6) is 0 Å². The van der Waals surface area contributed by atoms with Crippen LogP contribution in [0.2, 0.25) is 0 Å². The van der Waals surface area contributed by atoms with Crippen LogP contribution in [0.4, 0.5) is 0 Å². The maximum Gasteiger partial charge on any atom is 0.220 e. The number of hydrogen-bond acceptors (Lipinski definition) is 5. The van der Waals surface area contributed by atoms with Crippen molar-refractivity contribution < 1.29 is 4.74 Å². The van der Waals surface area contributed by atoms with Crippen molar-refractivity contribution in [2.24, 2.45) is 0 Å². The molecular weight excluding hydrogens is 433 g/mol. The minimum Gasteiger partial charge on any atom is -0.476 e. The van der Waals surface area contributed by atoms with Gasteiger partial charge in [0.1, 0.15) is 0 Å². The fourth-order valence-corrected chi connectivity index (χ4v) is 9.76. The minimum atomic E-state index is 0.205. The summed E-state index contributed by atoms with van der Waals surface area (Å²) in [7, 11) is 0. The lowest BCUT2D eigenvalue weighted by Gasteiger charge is -2.43. The summed E-state index contributed by atoms with van der Waals surface area (Å²) in [5.41, 5.74) is 0. The molecule has 0 spiro atoms. The molecule has 0 N–H and O–H groups in total. The van der Waals surface area contributed by atoms with Crippen molar-refractivity contribution in [2.75, 3.05) is 5.75 Å². The fourth-order valence-electron chi connectivity index (χ4n) is 4.43. The van der Waals surface area contributed by atoms with E-state index < -0.39 is 0 Å². The molecule has 0 saturated carbocycles. The Bertz CT molecular complexity index is 443.